The fraction of sp³-hybridized carbons (Fsp3) is 0. The fourth-order valence-electron chi connectivity index (χ4n) is 1.07. The molecule has 0 aliphatic rings. The summed E-state index contributed by atoms with van der Waals surface area (Å²) in [6.07, 6.45) is 2.90. The summed E-state index contributed by atoms with van der Waals surface area (Å²) in [5.74, 6) is 0.139. The maximum Gasteiger partial charge on any atom is 0.153 e. The molecule has 0 spiro atoms. The minimum atomic E-state index is 0.139. The molecule has 0 aliphatic carbocycles. The van der Waals surface area contributed by atoms with Crippen molar-refractivity contribution < 1.29 is 5.11 Å². The van der Waals surface area contributed by atoms with Crippen molar-refractivity contribution >= 4 is 11.6 Å². The number of benzene rings is 1. The number of hydrogen-bond donors (Lipinski definition) is 1. The molecule has 0 saturated heterocycles. The largest absolute Gasteiger partial charge is 0.505 e. The summed E-state index contributed by atoms with van der Waals surface area (Å²) in [5, 5.41) is 13.6. The van der Waals surface area contributed by atoms with Crippen molar-refractivity contribution in [2.24, 2.45) is 0 Å². The van der Waals surface area contributed by atoms with Crippen LogP contribution in [0.15, 0.2) is 36.7 Å². The molecule has 0 saturated carbocycles. The van der Waals surface area contributed by atoms with Crippen LogP contribution in [0, 0.1) is 0 Å². The maximum atomic E-state index is 9.07. The number of halogens is 1. The van der Waals surface area contributed by atoms with Crippen molar-refractivity contribution in [3.63, 3.8) is 0 Å². The van der Waals surface area contributed by atoms with Crippen LogP contribution in [-0.2, 0) is 0 Å². The van der Waals surface area contributed by atoms with Crippen molar-refractivity contribution in [2.45, 2.75) is 0 Å². The van der Waals surface area contributed by atoms with Crippen LogP contribution >= 0.6 is 11.6 Å². The molecule has 0 unspecified atom stereocenters. The molecule has 0 amide bonds. The van der Waals surface area contributed by atoms with E-state index in [0.29, 0.717) is 5.02 Å². The molecule has 0 bridgehead atoms. The molecular formula is C9H7ClN2O. The highest BCUT2D eigenvalue weighted by Crippen LogP contribution is 2.15. The van der Waals surface area contributed by atoms with Gasteiger partial charge in [-0.3, -0.25) is 0 Å². The Morgan fingerprint density at radius 3 is 2.85 bits per heavy atom. The highest BCUT2D eigenvalue weighted by Gasteiger charge is 1.98. The molecular weight excluding hydrogens is 188 g/mol. The van der Waals surface area contributed by atoms with Gasteiger partial charge in [-0.05, 0) is 18.2 Å². The standard InChI is InChI=1S/C9H7ClN2O/c10-7-2-1-3-8(4-7)12-6-9(13)5-11-12/h1-6,13H. The lowest BCUT2D eigenvalue weighted by Gasteiger charge is -1.99. The van der Waals surface area contributed by atoms with E-state index in [9.17, 15) is 0 Å². The van der Waals surface area contributed by atoms with E-state index in [-0.39, 0.29) is 5.75 Å². The van der Waals surface area contributed by atoms with Crippen molar-refractivity contribution in [3.8, 4) is 11.4 Å². The lowest BCUT2D eigenvalue weighted by molar-refractivity contribution is 0.475. The lowest BCUT2D eigenvalue weighted by Crippen LogP contribution is -1.92. The topological polar surface area (TPSA) is 38.1 Å². The van der Waals surface area contributed by atoms with Gasteiger partial charge in [-0.1, -0.05) is 17.7 Å². The van der Waals surface area contributed by atoms with Gasteiger partial charge in [-0.15, -0.1) is 0 Å². The monoisotopic (exact) mass is 194 g/mol. The number of rotatable bonds is 1. The van der Waals surface area contributed by atoms with Gasteiger partial charge in [0.2, 0.25) is 0 Å². The normalized spacial score (nSPS) is 10.2. The minimum absolute atomic E-state index is 0.139. The van der Waals surface area contributed by atoms with Crippen LogP contribution in [0.4, 0.5) is 0 Å². The van der Waals surface area contributed by atoms with E-state index < -0.39 is 0 Å². The maximum absolute atomic E-state index is 9.07. The molecule has 2 rings (SSSR count). The van der Waals surface area contributed by atoms with Crippen LogP contribution in [0.3, 0.4) is 0 Å². The highest BCUT2D eigenvalue weighted by atomic mass is 35.5. The zero-order valence-corrected chi connectivity index (χ0v) is 7.44. The van der Waals surface area contributed by atoms with E-state index in [4.69, 9.17) is 16.7 Å². The van der Waals surface area contributed by atoms with Gasteiger partial charge in [-0.2, -0.15) is 5.10 Å². The van der Waals surface area contributed by atoms with Gasteiger partial charge in [0.15, 0.2) is 5.75 Å². The summed E-state index contributed by atoms with van der Waals surface area (Å²) in [5.41, 5.74) is 0.827. The Kier molecular flexibility index (Phi) is 1.94. The number of aromatic nitrogens is 2. The van der Waals surface area contributed by atoms with Crippen LogP contribution in [0.1, 0.15) is 0 Å². The second-order valence-electron chi connectivity index (χ2n) is 2.62. The van der Waals surface area contributed by atoms with E-state index >= 15 is 0 Å². The van der Waals surface area contributed by atoms with Gasteiger partial charge in [0.05, 0.1) is 18.1 Å². The number of aromatic hydroxyl groups is 1. The smallest absolute Gasteiger partial charge is 0.153 e. The first-order valence-electron chi connectivity index (χ1n) is 3.75. The molecule has 4 heteroatoms. The third-order valence-electron chi connectivity index (χ3n) is 1.64. The molecule has 1 aromatic carbocycles. The second kappa shape index (κ2) is 3.11. The molecule has 0 atom stereocenters. The molecule has 0 aliphatic heterocycles. The molecule has 0 radical (unpaired) electrons. The van der Waals surface area contributed by atoms with Crippen molar-refractivity contribution in [1.82, 2.24) is 9.78 Å². The van der Waals surface area contributed by atoms with E-state index in [1.807, 2.05) is 12.1 Å². The van der Waals surface area contributed by atoms with Gasteiger partial charge in [0, 0.05) is 5.02 Å². The molecule has 1 N–H and O–H groups in total. The quantitative estimate of drug-likeness (QED) is 0.756. The van der Waals surface area contributed by atoms with Crippen molar-refractivity contribution in [2.75, 3.05) is 0 Å². The van der Waals surface area contributed by atoms with Gasteiger partial charge >= 0.3 is 0 Å². The average molecular weight is 195 g/mol. The van der Waals surface area contributed by atoms with Gasteiger partial charge in [0.1, 0.15) is 0 Å². The van der Waals surface area contributed by atoms with E-state index in [0.717, 1.165) is 5.69 Å². The number of hydrogen-bond acceptors (Lipinski definition) is 2. The molecule has 66 valence electrons. The predicted octanol–water partition coefficient (Wildman–Crippen LogP) is 2.23. The van der Waals surface area contributed by atoms with E-state index in [2.05, 4.69) is 5.10 Å². The molecule has 1 heterocycles. The van der Waals surface area contributed by atoms with Crippen LogP contribution in [0.5, 0.6) is 5.75 Å². The fourth-order valence-corrected chi connectivity index (χ4v) is 1.26. The first-order valence-corrected chi connectivity index (χ1v) is 4.13. The van der Waals surface area contributed by atoms with E-state index in [1.165, 1.54) is 12.4 Å². The Morgan fingerprint density at radius 1 is 1.38 bits per heavy atom. The summed E-state index contributed by atoms with van der Waals surface area (Å²) in [6.45, 7) is 0. The minimum Gasteiger partial charge on any atom is -0.505 e. The zero-order chi connectivity index (χ0) is 9.26. The summed E-state index contributed by atoms with van der Waals surface area (Å²) < 4.78 is 1.56. The summed E-state index contributed by atoms with van der Waals surface area (Å²) in [4.78, 5) is 0. The molecule has 2 aromatic rings. The average Bonchev–Trinajstić information content (AvgIpc) is 2.52. The van der Waals surface area contributed by atoms with Crippen molar-refractivity contribution in [1.29, 1.82) is 0 Å². The Balaban J connectivity index is 2.46. The van der Waals surface area contributed by atoms with Crippen molar-refractivity contribution in [3.05, 3.63) is 41.7 Å². The summed E-state index contributed by atoms with van der Waals surface area (Å²) in [6, 6.07) is 7.25. The third-order valence-corrected chi connectivity index (χ3v) is 1.88. The molecule has 3 nitrogen and oxygen atoms in total. The summed E-state index contributed by atoms with van der Waals surface area (Å²) >= 11 is 5.80. The van der Waals surface area contributed by atoms with Gasteiger partial charge in [-0.25, -0.2) is 4.68 Å². The van der Waals surface area contributed by atoms with Crippen LogP contribution in [-0.4, -0.2) is 14.9 Å². The zero-order valence-electron chi connectivity index (χ0n) is 6.68. The first kappa shape index (κ1) is 8.13. The van der Waals surface area contributed by atoms with Gasteiger partial charge in [0.25, 0.3) is 0 Å². The Labute approximate surface area is 80.2 Å². The number of nitrogens with zero attached hydrogens (tertiary/aromatic N) is 2. The molecule has 13 heavy (non-hydrogen) atoms. The lowest BCUT2D eigenvalue weighted by atomic mass is 10.3. The van der Waals surface area contributed by atoms with E-state index in [1.54, 1.807) is 16.8 Å². The molecule has 1 aromatic heterocycles. The predicted molar refractivity (Wildman–Crippen MR) is 50.2 cm³/mol. The third kappa shape index (κ3) is 1.65. The Bertz CT molecular complexity index is 425. The SMILES string of the molecule is Oc1cnn(-c2cccc(Cl)c2)c1. The Hall–Kier alpha value is -1.48. The van der Waals surface area contributed by atoms with Crippen LogP contribution in [0.25, 0.3) is 5.69 Å². The summed E-state index contributed by atoms with van der Waals surface area (Å²) in [7, 11) is 0. The second-order valence-corrected chi connectivity index (χ2v) is 3.06. The first-order chi connectivity index (χ1) is 6.25. The van der Waals surface area contributed by atoms with Gasteiger partial charge < -0.3 is 5.11 Å². The Morgan fingerprint density at radius 2 is 2.23 bits per heavy atom. The molecule has 0 fully saturated rings. The highest BCUT2D eigenvalue weighted by molar-refractivity contribution is 6.30. The van der Waals surface area contributed by atoms with Crippen LogP contribution in [0.2, 0.25) is 5.02 Å². The van der Waals surface area contributed by atoms with Crippen LogP contribution < -0.4 is 0 Å².